The van der Waals surface area contributed by atoms with E-state index in [2.05, 4.69) is 46.6 Å². The normalized spacial score (nSPS) is 22.2. The van der Waals surface area contributed by atoms with Gasteiger partial charge in [0.2, 0.25) is 5.91 Å². The molecule has 1 saturated carbocycles. The van der Waals surface area contributed by atoms with E-state index in [1.807, 2.05) is 35.2 Å². The van der Waals surface area contributed by atoms with Gasteiger partial charge in [-0.25, -0.2) is 0 Å². The largest absolute Gasteiger partial charge is 0.494 e. The lowest BCUT2D eigenvalue weighted by atomic mass is 9.79. The fourth-order valence-electron chi connectivity index (χ4n) is 7.68. The second kappa shape index (κ2) is 15.9. The van der Waals surface area contributed by atoms with Gasteiger partial charge in [-0.15, -0.1) is 0 Å². The third-order valence-corrected chi connectivity index (χ3v) is 10.5. The molecule has 10 nitrogen and oxygen atoms in total. The van der Waals surface area contributed by atoms with Crippen LogP contribution in [0, 0.1) is 5.92 Å². The summed E-state index contributed by atoms with van der Waals surface area (Å²) in [4.78, 5) is 33.5. The van der Waals surface area contributed by atoms with Crippen LogP contribution in [-0.2, 0) is 14.3 Å². The molecule has 2 saturated heterocycles. The van der Waals surface area contributed by atoms with E-state index >= 15 is 0 Å². The Balaban J connectivity index is 1.05. The number of aliphatic hydroxyl groups is 1. The molecule has 1 unspecified atom stereocenters. The number of fused-ring (bicyclic) bond motifs is 1. The van der Waals surface area contributed by atoms with Crippen LogP contribution >= 0.6 is 0 Å². The van der Waals surface area contributed by atoms with Crippen molar-refractivity contribution in [2.45, 2.75) is 56.6 Å². The molecular formula is C40H50N4O6. The number of aliphatic hydroxyl groups excluding tert-OH is 1. The van der Waals surface area contributed by atoms with Crippen LogP contribution in [0.4, 0.5) is 11.4 Å². The Bertz CT molecular complexity index is 1630. The van der Waals surface area contributed by atoms with E-state index in [1.165, 1.54) is 5.56 Å². The lowest BCUT2D eigenvalue weighted by molar-refractivity contribution is -0.123. The van der Waals surface area contributed by atoms with E-state index in [4.69, 9.17) is 14.2 Å². The number of rotatable bonds is 14. The van der Waals surface area contributed by atoms with Gasteiger partial charge in [0.25, 0.3) is 5.91 Å². The molecule has 7 rings (SSSR count). The summed E-state index contributed by atoms with van der Waals surface area (Å²) in [6.45, 7) is 5.92. The lowest BCUT2D eigenvalue weighted by Gasteiger charge is -2.36. The first-order valence-electron chi connectivity index (χ1n) is 18.3. The van der Waals surface area contributed by atoms with Crippen LogP contribution < -0.4 is 24.6 Å². The number of hydrogen-bond acceptors (Lipinski definition) is 8. The molecule has 10 heteroatoms. The standard InChI is InChI=1S/C40H50N4O6/c1-48-21-4-19-43-37-24-32(11-14-38(37)50-27-39(43)46)44(31-9-10-31)40(47)36-25-41-17-15-35(36)30-6-2-5-29(23-30)28-7-12-34(13-8-28)49-22-3-18-42-20-16-33(45)26-42/h2,5-8,11-14,23-24,31,33,35-36,41,45H,3-4,9-10,15-22,25-27H2,1H3/t33?,35-,36+/m1/s1. The number of β-amino-alcohol motifs (C(OH)–C–C–N with tert-alkyl or cyclic N) is 1. The Morgan fingerprint density at radius 1 is 0.980 bits per heavy atom. The zero-order valence-corrected chi connectivity index (χ0v) is 29.1. The third kappa shape index (κ3) is 7.99. The lowest BCUT2D eigenvalue weighted by Crippen LogP contribution is -2.47. The highest BCUT2D eigenvalue weighted by Gasteiger charge is 2.41. The molecule has 3 aromatic carbocycles. The second-order valence-corrected chi connectivity index (χ2v) is 14.1. The molecule has 1 aliphatic carbocycles. The minimum absolute atomic E-state index is 0.0169. The number of benzene rings is 3. The summed E-state index contributed by atoms with van der Waals surface area (Å²) in [5.74, 6) is 1.44. The Morgan fingerprint density at radius 3 is 2.60 bits per heavy atom. The Hall–Kier alpha value is -3.96. The molecule has 3 atom stereocenters. The van der Waals surface area contributed by atoms with Crippen molar-refractivity contribution in [3.05, 3.63) is 72.3 Å². The van der Waals surface area contributed by atoms with Crippen LogP contribution in [0.5, 0.6) is 11.5 Å². The van der Waals surface area contributed by atoms with Crippen molar-refractivity contribution in [3.63, 3.8) is 0 Å². The number of piperidine rings is 1. The minimum atomic E-state index is -0.217. The third-order valence-electron chi connectivity index (χ3n) is 10.5. The zero-order valence-electron chi connectivity index (χ0n) is 29.1. The molecule has 3 aliphatic heterocycles. The van der Waals surface area contributed by atoms with Crippen molar-refractivity contribution in [1.29, 1.82) is 0 Å². The highest BCUT2D eigenvalue weighted by atomic mass is 16.5. The van der Waals surface area contributed by atoms with E-state index in [9.17, 15) is 14.7 Å². The zero-order chi connectivity index (χ0) is 34.5. The predicted octanol–water partition coefficient (Wildman–Crippen LogP) is 4.84. The van der Waals surface area contributed by atoms with Gasteiger partial charge in [-0.1, -0.05) is 36.4 Å². The molecule has 50 heavy (non-hydrogen) atoms. The van der Waals surface area contributed by atoms with Gasteiger partial charge < -0.3 is 39.3 Å². The molecule has 2 N–H and O–H groups in total. The fraction of sp³-hybridized carbons (Fsp3) is 0.500. The number of carbonyl (C=O) groups is 2. The number of ether oxygens (including phenoxy) is 3. The van der Waals surface area contributed by atoms with Gasteiger partial charge in [-0.2, -0.15) is 0 Å². The molecule has 0 bridgehead atoms. The molecule has 0 radical (unpaired) electrons. The van der Waals surface area contributed by atoms with E-state index < -0.39 is 0 Å². The summed E-state index contributed by atoms with van der Waals surface area (Å²) in [6, 6.07) is 22.9. The Kier molecular flexibility index (Phi) is 11.0. The van der Waals surface area contributed by atoms with Crippen LogP contribution in [0.1, 0.15) is 50.0 Å². The summed E-state index contributed by atoms with van der Waals surface area (Å²) in [5, 5.41) is 13.2. The monoisotopic (exact) mass is 682 g/mol. The average Bonchev–Trinajstić information content (AvgIpc) is 3.90. The molecular weight excluding hydrogens is 632 g/mol. The van der Waals surface area contributed by atoms with Gasteiger partial charge in [0.1, 0.15) is 11.5 Å². The predicted molar refractivity (Wildman–Crippen MR) is 194 cm³/mol. The van der Waals surface area contributed by atoms with E-state index in [1.54, 1.807) is 12.0 Å². The van der Waals surface area contributed by atoms with Gasteiger partial charge in [-0.3, -0.25) is 9.59 Å². The number of nitrogens with zero attached hydrogens (tertiary/aromatic N) is 3. The van der Waals surface area contributed by atoms with Crippen molar-refractivity contribution in [1.82, 2.24) is 10.2 Å². The summed E-state index contributed by atoms with van der Waals surface area (Å²) < 4.78 is 17.0. The minimum Gasteiger partial charge on any atom is -0.494 e. The highest BCUT2D eigenvalue weighted by Crippen LogP contribution is 2.42. The maximum atomic E-state index is 14.6. The van der Waals surface area contributed by atoms with Crippen molar-refractivity contribution in [2.75, 3.05) is 76.0 Å². The van der Waals surface area contributed by atoms with Crippen molar-refractivity contribution in [2.24, 2.45) is 5.92 Å². The number of hydrogen-bond donors (Lipinski definition) is 2. The van der Waals surface area contributed by atoms with Gasteiger partial charge in [0.15, 0.2) is 6.61 Å². The Labute approximate surface area is 295 Å². The average molecular weight is 683 g/mol. The molecule has 2 amide bonds. The number of carbonyl (C=O) groups excluding carboxylic acids is 2. The summed E-state index contributed by atoms with van der Waals surface area (Å²) >= 11 is 0. The summed E-state index contributed by atoms with van der Waals surface area (Å²) in [7, 11) is 1.66. The van der Waals surface area contributed by atoms with Gasteiger partial charge in [0.05, 0.1) is 24.3 Å². The van der Waals surface area contributed by atoms with Gasteiger partial charge >= 0.3 is 0 Å². The number of likely N-dealkylation sites (tertiary alicyclic amines) is 1. The molecule has 4 aliphatic rings. The van der Waals surface area contributed by atoms with Crippen LogP contribution in [0.3, 0.4) is 0 Å². The Morgan fingerprint density at radius 2 is 1.82 bits per heavy atom. The fourth-order valence-corrected chi connectivity index (χ4v) is 7.68. The molecule has 3 fully saturated rings. The quantitative estimate of drug-likeness (QED) is 0.233. The first-order valence-corrected chi connectivity index (χ1v) is 18.3. The van der Waals surface area contributed by atoms with Gasteiger partial charge in [0, 0.05) is 58.2 Å². The highest BCUT2D eigenvalue weighted by molar-refractivity contribution is 6.01. The first-order chi connectivity index (χ1) is 24.5. The van der Waals surface area contributed by atoms with E-state index in [0.29, 0.717) is 32.1 Å². The van der Waals surface area contributed by atoms with Crippen LogP contribution in [0.25, 0.3) is 11.1 Å². The molecule has 0 spiro atoms. The smallest absolute Gasteiger partial charge is 0.265 e. The SMILES string of the molecule is COCCCN1C(=O)COc2ccc(N(C(=O)[C@H]3CNCC[C@@H]3c3cccc(-c4ccc(OCCCN5CCC(O)C5)cc4)c3)C3CC3)cc21. The van der Waals surface area contributed by atoms with Crippen molar-refractivity contribution >= 4 is 23.2 Å². The molecule has 266 valence electrons. The topological polar surface area (TPSA) is 104 Å². The van der Waals surface area contributed by atoms with Crippen LogP contribution in [0.2, 0.25) is 0 Å². The van der Waals surface area contributed by atoms with Crippen LogP contribution in [0.15, 0.2) is 66.7 Å². The van der Waals surface area contributed by atoms with Gasteiger partial charge in [-0.05, 0) is 98.0 Å². The maximum Gasteiger partial charge on any atom is 0.265 e. The summed E-state index contributed by atoms with van der Waals surface area (Å²) in [6.07, 6.45) is 5.14. The van der Waals surface area contributed by atoms with Crippen molar-refractivity contribution < 1.29 is 28.9 Å². The van der Waals surface area contributed by atoms with Crippen molar-refractivity contribution in [3.8, 4) is 22.6 Å². The number of amides is 2. The summed E-state index contributed by atoms with van der Waals surface area (Å²) in [5.41, 5.74) is 4.96. The van der Waals surface area contributed by atoms with Crippen LogP contribution in [-0.4, -0.2) is 100 Å². The second-order valence-electron chi connectivity index (χ2n) is 14.1. The van der Waals surface area contributed by atoms with E-state index in [-0.39, 0.29) is 42.4 Å². The molecule has 3 heterocycles. The molecule has 3 aromatic rings. The first kappa shape index (κ1) is 34.5. The van der Waals surface area contributed by atoms with E-state index in [0.717, 1.165) is 93.0 Å². The number of methoxy groups -OCH3 is 1. The number of nitrogens with one attached hydrogen (secondary N) is 1. The molecule has 0 aromatic heterocycles. The number of anilines is 2. The maximum absolute atomic E-state index is 14.6.